The monoisotopic (exact) mass is 457 g/mol. The Morgan fingerprint density at radius 2 is 1.82 bits per heavy atom. The molecule has 1 aliphatic carbocycles. The number of Topliss-reactive ketones (excluding diaryl/α,β-unsaturated/α-hetero) is 1. The number of allylic oxidation sites excluding steroid dienone is 1. The van der Waals surface area contributed by atoms with E-state index in [1.807, 2.05) is 51.1 Å². The lowest BCUT2D eigenvalue weighted by atomic mass is 9.63. The van der Waals surface area contributed by atoms with E-state index in [-0.39, 0.29) is 17.2 Å². The number of hydrogen-bond donors (Lipinski definition) is 2. The predicted molar refractivity (Wildman–Crippen MR) is 129 cm³/mol. The summed E-state index contributed by atoms with van der Waals surface area (Å²) in [7, 11) is 1.26. The maximum Gasteiger partial charge on any atom is 0.339 e. The van der Waals surface area contributed by atoms with Gasteiger partial charge in [-0.05, 0) is 62.9 Å². The number of nitrogens with one attached hydrogen (secondary N) is 1. The van der Waals surface area contributed by atoms with Gasteiger partial charge in [-0.2, -0.15) is 0 Å². The van der Waals surface area contributed by atoms with Crippen LogP contribution in [0.15, 0.2) is 59.1 Å². The number of esters is 1. The first-order valence-corrected chi connectivity index (χ1v) is 11.4. The van der Waals surface area contributed by atoms with Crippen molar-refractivity contribution in [3.8, 4) is 0 Å². The standard InChI is InChI=1S/C27H27N3O4/c1-14-8-11-19-18(12-14)27(26(33)29-19)22-20(6-5-7-21(22)31)30(24(28)23(27)25(32)34-4)17-10-9-15(2)16(3)13-17/h8-13H,5-7,28H2,1-4H3,(H,29,33). The first kappa shape index (κ1) is 21.9. The van der Waals surface area contributed by atoms with Crippen molar-refractivity contribution in [2.24, 2.45) is 5.73 Å². The average Bonchev–Trinajstić information content (AvgIpc) is 3.07. The quantitative estimate of drug-likeness (QED) is 0.668. The Bertz CT molecular complexity index is 1350. The minimum Gasteiger partial charge on any atom is -0.466 e. The summed E-state index contributed by atoms with van der Waals surface area (Å²) in [5, 5.41) is 2.90. The normalized spacial score (nSPS) is 21.6. The number of hydrogen-bond acceptors (Lipinski definition) is 6. The molecule has 2 aliphatic heterocycles. The number of carbonyl (C=O) groups excluding carboxylic acids is 3. The second kappa shape index (κ2) is 7.58. The molecular formula is C27H27N3O4. The van der Waals surface area contributed by atoms with Gasteiger partial charge in [0.2, 0.25) is 5.91 Å². The number of amides is 1. The maximum absolute atomic E-state index is 13.8. The van der Waals surface area contributed by atoms with Gasteiger partial charge < -0.3 is 15.8 Å². The molecule has 34 heavy (non-hydrogen) atoms. The van der Waals surface area contributed by atoms with Crippen LogP contribution in [0.25, 0.3) is 0 Å². The van der Waals surface area contributed by atoms with Crippen molar-refractivity contribution in [3.63, 3.8) is 0 Å². The second-order valence-corrected chi connectivity index (χ2v) is 9.21. The fourth-order valence-corrected chi connectivity index (χ4v) is 5.48. The van der Waals surface area contributed by atoms with Crippen molar-refractivity contribution in [1.82, 2.24) is 0 Å². The number of benzene rings is 2. The van der Waals surface area contributed by atoms with Crippen molar-refractivity contribution < 1.29 is 19.1 Å². The summed E-state index contributed by atoms with van der Waals surface area (Å²) >= 11 is 0. The van der Waals surface area contributed by atoms with Crippen LogP contribution in [0.2, 0.25) is 0 Å². The fourth-order valence-electron chi connectivity index (χ4n) is 5.48. The number of ether oxygens (including phenoxy) is 1. The van der Waals surface area contributed by atoms with E-state index in [1.165, 1.54) is 7.11 Å². The number of methoxy groups -OCH3 is 1. The van der Waals surface area contributed by atoms with Gasteiger partial charge in [-0.15, -0.1) is 0 Å². The molecule has 0 bridgehead atoms. The van der Waals surface area contributed by atoms with E-state index in [9.17, 15) is 14.4 Å². The van der Waals surface area contributed by atoms with Gasteiger partial charge in [-0.25, -0.2) is 4.79 Å². The topological polar surface area (TPSA) is 102 Å². The first-order valence-electron chi connectivity index (χ1n) is 11.4. The number of fused-ring (bicyclic) bond motifs is 3. The molecule has 1 amide bonds. The summed E-state index contributed by atoms with van der Waals surface area (Å²) in [4.78, 5) is 42.6. The molecule has 174 valence electrons. The van der Waals surface area contributed by atoms with Gasteiger partial charge in [0.15, 0.2) is 5.78 Å². The number of rotatable bonds is 2. The van der Waals surface area contributed by atoms with Crippen LogP contribution >= 0.6 is 0 Å². The fraction of sp³-hybridized carbons (Fsp3) is 0.296. The Kier molecular flexibility index (Phi) is 4.90. The van der Waals surface area contributed by atoms with Gasteiger partial charge in [0, 0.05) is 34.6 Å². The molecule has 0 saturated heterocycles. The minimum atomic E-state index is -1.65. The van der Waals surface area contributed by atoms with Crippen molar-refractivity contribution in [2.75, 3.05) is 17.3 Å². The molecule has 0 saturated carbocycles. The first-order chi connectivity index (χ1) is 16.2. The smallest absolute Gasteiger partial charge is 0.339 e. The van der Waals surface area contributed by atoms with E-state index in [4.69, 9.17) is 10.5 Å². The molecule has 0 radical (unpaired) electrons. The van der Waals surface area contributed by atoms with E-state index in [2.05, 4.69) is 5.32 Å². The summed E-state index contributed by atoms with van der Waals surface area (Å²) in [6, 6.07) is 11.4. The summed E-state index contributed by atoms with van der Waals surface area (Å²) < 4.78 is 5.17. The van der Waals surface area contributed by atoms with Crippen LogP contribution in [0.4, 0.5) is 11.4 Å². The SMILES string of the molecule is COC(=O)C1=C(N)N(c2ccc(C)c(C)c2)C2=C(C(=O)CCC2)C12C(=O)Nc1ccc(C)cc12. The van der Waals surface area contributed by atoms with Gasteiger partial charge >= 0.3 is 5.97 Å². The number of aryl methyl sites for hydroxylation is 3. The summed E-state index contributed by atoms with van der Waals surface area (Å²) in [5.41, 5.74) is 11.0. The molecule has 2 aromatic rings. The highest BCUT2D eigenvalue weighted by molar-refractivity contribution is 6.23. The Morgan fingerprint density at radius 1 is 1.06 bits per heavy atom. The molecule has 1 atom stereocenters. The zero-order chi connectivity index (χ0) is 24.4. The van der Waals surface area contributed by atoms with E-state index in [0.717, 1.165) is 22.4 Å². The molecule has 0 fully saturated rings. The molecule has 5 rings (SSSR count). The van der Waals surface area contributed by atoms with Gasteiger partial charge in [-0.1, -0.05) is 23.8 Å². The third-order valence-corrected chi connectivity index (χ3v) is 7.21. The predicted octanol–water partition coefficient (Wildman–Crippen LogP) is 3.67. The largest absolute Gasteiger partial charge is 0.466 e. The average molecular weight is 458 g/mol. The number of nitrogens with zero attached hydrogens (tertiary/aromatic N) is 1. The zero-order valence-corrected chi connectivity index (χ0v) is 19.7. The van der Waals surface area contributed by atoms with Crippen molar-refractivity contribution in [3.05, 3.63) is 81.3 Å². The lowest BCUT2D eigenvalue weighted by Gasteiger charge is -2.44. The van der Waals surface area contributed by atoms with Crippen molar-refractivity contribution >= 4 is 29.0 Å². The lowest BCUT2D eigenvalue weighted by molar-refractivity contribution is -0.138. The van der Waals surface area contributed by atoms with Gasteiger partial charge in [-0.3, -0.25) is 14.5 Å². The van der Waals surface area contributed by atoms with Gasteiger partial charge in [0.1, 0.15) is 16.8 Å². The highest BCUT2D eigenvalue weighted by Crippen LogP contribution is 2.55. The van der Waals surface area contributed by atoms with E-state index < -0.39 is 17.3 Å². The summed E-state index contributed by atoms with van der Waals surface area (Å²) in [5.74, 6) is -1.25. The molecule has 1 unspecified atom stereocenters. The van der Waals surface area contributed by atoms with Crippen molar-refractivity contribution in [2.45, 2.75) is 45.4 Å². The van der Waals surface area contributed by atoms with Gasteiger partial charge in [0.05, 0.1) is 7.11 Å². The van der Waals surface area contributed by atoms with Crippen LogP contribution in [-0.4, -0.2) is 24.8 Å². The number of nitrogens with two attached hydrogens (primary N) is 1. The van der Waals surface area contributed by atoms with Crippen LogP contribution in [-0.2, 0) is 24.5 Å². The molecule has 7 heteroatoms. The van der Waals surface area contributed by atoms with Crippen molar-refractivity contribution in [1.29, 1.82) is 0 Å². The van der Waals surface area contributed by atoms with E-state index in [0.29, 0.717) is 41.8 Å². The van der Waals surface area contributed by atoms with E-state index in [1.54, 1.807) is 11.0 Å². The zero-order valence-electron chi connectivity index (χ0n) is 19.7. The highest BCUT2D eigenvalue weighted by Gasteiger charge is 2.61. The summed E-state index contributed by atoms with van der Waals surface area (Å²) in [6.45, 7) is 5.92. The molecular weight excluding hydrogens is 430 g/mol. The molecule has 7 nitrogen and oxygen atoms in total. The van der Waals surface area contributed by atoms with Crippen LogP contribution < -0.4 is 16.0 Å². The number of anilines is 2. The minimum absolute atomic E-state index is 0.0240. The Morgan fingerprint density at radius 3 is 2.53 bits per heavy atom. The Balaban J connectivity index is 1.91. The van der Waals surface area contributed by atoms with Crippen LogP contribution in [0.5, 0.6) is 0 Å². The number of ketones is 1. The maximum atomic E-state index is 13.8. The molecule has 0 aromatic heterocycles. The molecule has 3 N–H and O–H groups in total. The highest BCUT2D eigenvalue weighted by atomic mass is 16.5. The second-order valence-electron chi connectivity index (χ2n) is 9.21. The summed E-state index contributed by atoms with van der Waals surface area (Å²) in [6.07, 6.45) is 1.49. The molecule has 3 aliphatic rings. The molecule has 2 aromatic carbocycles. The number of carbonyl (C=O) groups is 3. The van der Waals surface area contributed by atoms with E-state index >= 15 is 0 Å². The third kappa shape index (κ3) is 2.79. The molecule has 1 spiro atoms. The lowest BCUT2D eigenvalue weighted by Crippen LogP contribution is -2.53. The van der Waals surface area contributed by atoms with Gasteiger partial charge in [0.25, 0.3) is 0 Å². The van der Waals surface area contributed by atoms with Crippen LogP contribution in [0, 0.1) is 20.8 Å². The van der Waals surface area contributed by atoms with Crippen LogP contribution in [0.1, 0.15) is 41.5 Å². The Labute approximate surface area is 198 Å². The molecule has 2 heterocycles. The van der Waals surface area contributed by atoms with Crippen LogP contribution in [0.3, 0.4) is 0 Å². The third-order valence-electron chi connectivity index (χ3n) is 7.21. The Hall–Kier alpha value is -3.87.